The lowest BCUT2D eigenvalue weighted by Gasteiger charge is -2.29. The lowest BCUT2D eigenvalue weighted by Crippen LogP contribution is -2.20. The first kappa shape index (κ1) is 19.0. The van der Waals surface area contributed by atoms with Crippen LogP contribution in [0.1, 0.15) is 96.8 Å². The highest BCUT2D eigenvalue weighted by atomic mass is 16.3. The lowest BCUT2D eigenvalue weighted by molar-refractivity contribution is 0.425. The minimum atomic E-state index is -0.0429. The summed E-state index contributed by atoms with van der Waals surface area (Å²) in [6, 6.07) is 4.74. The fourth-order valence-electron chi connectivity index (χ4n) is 3.31. The zero-order valence-corrected chi connectivity index (χ0v) is 16.4. The fraction of sp³-hybridized carbons (Fsp3) is 0.682. The van der Waals surface area contributed by atoms with Gasteiger partial charge in [0.15, 0.2) is 0 Å². The molecule has 0 aliphatic heterocycles. The molecule has 24 heavy (non-hydrogen) atoms. The smallest absolute Gasteiger partial charge is 0.128 e. The standard InChI is InChI=1S/C22H35NO/c1-7-22(5,6)19-14-17(21(2,3)4)13-16(20(19)24)15-23-18-11-9-8-10-12-18/h13-15,18,24H,7-12H2,1-6H3. The average Bonchev–Trinajstić information content (AvgIpc) is 2.53. The van der Waals surface area contributed by atoms with Gasteiger partial charge in [0.2, 0.25) is 0 Å². The van der Waals surface area contributed by atoms with Crippen LogP contribution in [-0.2, 0) is 10.8 Å². The van der Waals surface area contributed by atoms with Gasteiger partial charge < -0.3 is 5.11 Å². The summed E-state index contributed by atoms with van der Waals surface area (Å²) in [6.45, 7) is 13.3. The zero-order valence-electron chi connectivity index (χ0n) is 16.4. The number of phenolic OH excluding ortho intramolecular Hbond substituents is 1. The van der Waals surface area contributed by atoms with E-state index in [0.717, 1.165) is 17.5 Å². The summed E-state index contributed by atoms with van der Waals surface area (Å²) in [5.74, 6) is 0.411. The molecular formula is C22H35NO. The zero-order chi connectivity index (χ0) is 18.0. The van der Waals surface area contributed by atoms with Gasteiger partial charge in [0, 0.05) is 23.4 Å². The van der Waals surface area contributed by atoms with Crippen molar-refractivity contribution in [1.29, 1.82) is 0 Å². The number of hydrogen-bond donors (Lipinski definition) is 1. The molecule has 1 aliphatic rings. The average molecular weight is 330 g/mol. The Bertz CT molecular complexity index is 587. The second-order valence-electron chi connectivity index (χ2n) is 9.02. The SMILES string of the molecule is CCC(C)(C)c1cc(C(C)(C)C)cc(C=NC2CCCCC2)c1O. The molecule has 0 amide bonds. The van der Waals surface area contributed by atoms with E-state index in [1.165, 1.54) is 37.7 Å². The molecule has 2 rings (SSSR count). The minimum absolute atomic E-state index is 0.0429. The number of hydrogen-bond acceptors (Lipinski definition) is 2. The highest BCUT2D eigenvalue weighted by Gasteiger charge is 2.26. The van der Waals surface area contributed by atoms with E-state index in [1.807, 2.05) is 6.21 Å². The second-order valence-corrected chi connectivity index (χ2v) is 9.02. The second kappa shape index (κ2) is 7.29. The number of benzene rings is 1. The highest BCUT2D eigenvalue weighted by Crippen LogP contribution is 2.39. The molecule has 1 aromatic rings. The molecule has 0 unspecified atom stereocenters. The summed E-state index contributed by atoms with van der Waals surface area (Å²) in [7, 11) is 0. The number of phenols is 1. The van der Waals surface area contributed by atoms with Crippen LogP contribution >= 0.6 is 0 Å². The van der Waals surface area contributed by atoms with Crippen LogP contribution in [0.15, 0.2) is 17.1 Å². The Labute approximate surface area is 148 Å². The van der Waals surface area contributed by atoms with Gasteiger partial charge in [-0.3, -0.25) is 4.99 Å². The first-order valence-corrected chi connectivity index (χ1v) is 9.56. The molecule has 1 fully saturated rings. The van der Waals surface area contributed by atoms with Crippen molar-refractivity contribution in [1.82, 2.24) is 0 Å². The Hall–Kier alpha value is -1.31. The minimum Gasteiger partial charge on any atom is -0.507 e. The van der Waals surface area contributed by atoms with Crippen LogP contribution in [0.3, 0.4) is 0 Å². The van der Waals surface area contributed by atoms with Crippen LogP contribution < -0.4 is 0 Å². The molecule has 1 aromatic carbocycles. The van der Waals surface area contributed by atoms with E-state index < -0.39 is 0 Å². The monoisotopic (exact) mass is 329 g/mol. The van der Waals surface area contributed by atoms with Crippen LogP contribution in [0.25, 0.3) is 0 Å². The normalized spacial score (nSPS) is 17.6. The van der Waals surface area contributed by atoms with Crippen molar-refractivity contribution in [3.8, 4) is 5.75 Å². The van der Waals surface area contributed by atoms with Gasteiger partial charge in [-0.2, -0.15) is 0 Å². The number of aliphatic imine (C=N–C) groups is 1. The Morgan fingerprint density at radius 1 is 1.08 bits per heavy atom. The van der Waals surface area contributed by atoms with E-state index in [9.17, 15) is 5.11 Å². The highest BCUT2D eigenvalue weighted by molar-refractivity contribution is 5.85. The van der Waals surface area contributed by atoms with Gasteiger partial charge in [-0.25, -0.2) is 0 Å². The van der Waals surface area contributed by atoms with Gasteiger partial charge in [0.1, 0.15) is 5.75 Å². The predicted molar refractivity (Wildman–Crippen MR) is 105 cm³/mol. The first-order chi connectivity index (χ1) is 11.1. The molecule has 0 heterocycles. The topological polar surface area (TPSA) is 32.6 Å². The van der Waals surface area contributed by atoms with Crippen molar-refractivity contribution in [2.45, 2.75) is 96.9 Å². The van der Waals surface area contributed by atoms with E-state index in [4.69, 9.17) is 4.99 Å². The van der Waals surface area contributed by atoms with Crippen LogP contribution in [0, 0.1) is 0 Å². The molecule has 0 bridgehead atoms. The van der Waals surface area contributed by atoms with Crippen molar-refractivity contribution in [3.05, 3.63) is 28.8 Å². The van der Waals surface area contributed by atoms with Gasteiger partial charge in [0.05, 0.1) is 0 Å². The van der Waals surface area contributed by atoms with Crippen molar-refractivity contribution in [3.63, 3.8) is 0 Å². The summed E-state index contributed by atoms with van der Waals surface area (Å²) in [5.41, 5.74) is 3.20. The maximum Gasteiger partial charge on any atom is 0.128 e. The predicted octanol–water partition coefficient (Wildman–Crippen LogP) is 6.13. The maximum absolute atomic E-state index is 10.9. The quantitative estimate of drug-likeness (QED) is 0.662. The third-order valence-corrected chi connectivity index (χ3v) is 5.62. The van der Waals surface area contributed by atoms with Crippen molar-refractivity contribution in [2.75, 3.05) is 0 Å². The van der Waals surface area contributed by atoms with Gasteiger partial charge >= 0.3 is 0 Å². The first-order valence-electron chi connectivity index (χ1n) is 9.56. The van der Waals surface area contributed by atoms with Gasteiger partial charge in [0.25, 0.3) is 0 Å². The molecular weight excluding hydrogens is 294 g/mol. The van der Waals surface area contributed by atoms with Gasteiger partial charge in [-0.05, 0) is 41.7 Å². The van der Waals surface area contributed by atoms with Crippen molar-refractivity contribution < 1.29 is 5.11 Å². The molecule has 2 nitrogen and oxygen atoms in total. The van der Waals surface area contributed by atoms with Crippen molar-refractivity contribution >= 4 is 6.21 Å². The molecule has 0 atom stereocenters. The summed E-state index contributed by atoms with van der Waals surface area (Å²) >= 11 is 0. The molecule has 0 aromatic heterocycles. The maximum atomic E-state index is 10.9. The summed E-state index contributed by atoms with van der Waals surface area (Å²) in [4.78, 5) is 4.80. The summed E-state index contributed by atoms with van der Waals surface area (Å²) < 4.78 is 0. The Kier molecular flexibility index (Phi) is 5.78. The molecule has 2 heteroatoms. The van der Waals surface area contributed by atoms with E-state index in [-0.39, 0.29) is 10.8 Å². The third-order valence-electron chi connectivity index (χ3n) is 5.62. The molecule has 134 valence electrons. The van der Waals surface area contributed by atoms with E-state index >= 15 is 0 Å². The third kappa shape index (κ3) is 4.40. The van der Waals surface area contributed by atoms with E-state index in [0.29, 0.717) is 11.8 Å². The molecule has 1 saturated carbocycles. The summed E-state index contributed by atoms with van der Waals surface area (Å²) in [6.07, 6.45) is 9.19. The Balaban J connectivity index is 2.45. The molecule has 0 radical (unpaired) electrons. The number of aromatic hydroxyl groups is 1. The van der Waals surface area contributed by atoms with E-state index in [2.05, 4.69) is 53.7 Å². The van der Waals surface area contributed by atoms with Crippen LogP contribution in [0.4, 0.5) is 0 Å². The van der Waals surface area contributed by atoms with Crippen molar-refractivity contribution in [2.24, 2.45) is 4.99 Å². The summed E-state index contributed by atoms with van der Waals surface area (Å²) in [5, 5.41) is 10.9. The van der Waals surface area contributed by atoms with E-state index in [1.54, 1.807) is 0 Å². The molecule has 1 N–H and O–H groups in total. The molecule has 1 aliphatic carbocycles. The number of rotatable bonds is 4. The largest absolute Gasteiger partial charge is 0.507 e. The van der Waals surface area contributed by atoms with Crippen LogP contribution in [0.2, 0.25) is 0 Å². The lowest BCUT2D eigenvalue weighted by atomic mass is 9.77. The van der Waals surface area contributed by atoms with Gasteiger partial charge in [-0.15, -0.1) is 0 Å². The molecule has 0 spiro atoms. The fourth-order valence-corrected chi connectivity index (χ4v) is 3.31. The van der Waals surface area contributed by atoms with Gasteiger partial charge in [-0.1, -0.05) is 66.9 Å². The van der Waals surface area contributed by atoms with Crippen LogP contribution in [0.5, 0.6) is 5.75 Å². The molecule has 0 saturated heterocycles. The Morgan fingerprint density at radius 2 is 1.71 bits per heavy atom. The van der Waals surface area contributed by atoms with Crippen LogP contribution in [-0.4, -0.2) is 17.4 Å². The Morgan fingerprint density at radius 3 is 2.25 bits per heavy atom. The number of nitrogens with zero attached hydrogens (tertiary/aromatic N) is 1.